The molecule has 0 heterocycles. The first-order valence-corrected chi connectivity index (χ1v) is 10.6. The maximum atomic E-state index is 12.8. The van der Waals surface area contributed by atoms with E-state index in [2.05, 4.69) is 10.6 Å². The first-order valence-electron chi connectivity index (χ1n) is 9.19. The van der Waals surface area contributed by atoms with E-state index in [0.717, 1.165) is 4.31 Å². The molecule has 29 heavy (non-hydrogen) atoms. The van der Waals surface area contributed by atoms with E-state index in [1.165, 1.54) is 20.2 Å². The van der Waals surface area contributed by atoms with Crippen molar-refractivity contribution in [2.75, 3.05) is 24.7 Å². The van der Waals surface area contributed by atoms with Gasteiger partial charge in [-0.2, -0.15) is 0 Å². The van der Waals surface area contributed by atoms with Crippen LogP contribution in [0.25, 0.3) is 0 Å². The summed E-state index contributed by atoms with van der Waals surface area (Å²) in [6, 6.07) is 9.83. The number of nitrogens with one attached hydrogen (secondary N) is 2. The smallest absolute Gasteiger partial charge is 0.255 e. The van der Waals surface area contributed by atoms with Gasteiger partial charge in [0.25, 0.3) is 5.91 Å². The Hall–Kier alpha value is -2.71. The van der Waals surface area contributed by atoms with Gasteiger partial charge in [0.1, 0.15) is 0 Å². The van der Waals surface area contributed by atoms with Crippen LogP contribution in [0.5, 0.6) is 0 Å². The first-order chi connectivity index (χ1) is 13.4. The Kier molecular flexibility index (Phi) is 6.81. The number of sulfonamides is 1. The van der Waals surface area contributed by atoms with Crippen LogP contribution in [-0.2, 0) is 14.8 Å². The van der Waals surface area contributed by atoms with Gasteiger partial charge in [0, 0.05) is 37.0 Å². The number of nitrogens with zero attached hydrogens (tertiary/aromatic N) is 1. The van der Waals surface area contributed by atoms with Crippen molar-refractivity contribution in [3.63, 3.8) is 0 Å². The van der Waals surface area contributed by atoms with Gasteiger partial charge in [-0.25, -0.2) is 12.7 Å². The highest BCUT2D eigenvalue weighted by molar-refractivity contribution is 7.89. The van der Waals surface area contributed by atoms with Crippen molar-refractivity contribution in [2.45, 2.75) is 32.6 Å². The second-order valence-electron chi connectivity index (χ2n) is 7.38. The van der Waals surface area contributed by atoms with Crippen LogP contribution in [0.4, 0.5) is 11.4 Å². The number of carbonyl (C=O) groups is 2. The molecule has 8 heteroatoms. The lowest BCUT2D eigenvalue weighted by molar-refractivity contribution is -0.118. The molecule has 2 rings (SSSR count). The van der Waals surface area contributed by atoms with E-state index in [1.807, 2.05) is 0 Å². The molecule has 2 aromatic carbocycles. The molecule has 2 N–H and O–H groups in total. The number of rotatable bonds is 6. The summed E-state index contributed by atoms with van der Waals surface area (Å²) in [6.45, 7) is 7.07. The first kappa shape index (κ1) is 22.6. The van der Waals surface area contributed by atoms with Crippen molar-refractivity contribution in [3.05, 3.63) is 53.1 Å². The minimum atomic E-state index is -3.68. The summed E-state index contributed by atoms with van der Waals surface area (Å²) in [5, 5.41) is 5.53. The standard InChI is InChI=1S/C21H27N3O4S/c1-13(2)20(25)22-17-8-7-9-18(12-17)23-21(26)16-10-14(3)15(4)19(11-16)29(27,28)24(5)6/h7-13H,1-6H3,(H,22,25)(H,23,26). The van der Waals surface area contributed by atoms with Crippen LogP contribution in [0.2, 0.25) is 0 Å². The van der Waals surface area contributed by atoms with Crippen molar-refractivity contribution in [1.29, 1.82) is 0 Å². The summed E-state index contributed by atoms with van der Waals surface area (Å²) >= 11 is 0. The van der Waals surface area contributed by atoms with Crippen LogP contribution in [0.1, 0.15) is 35.3 Å². The highest BCUT2D eigenvalue weighted by Gasteiger charge is 2.23. The van der Waals surface area contributed by atoms with Crippen LogP contribution in [0.15, 0.2) is 41.3 Å². The molecule has 0 spiro atoms. The average Bonchev–Trinajstić information content (AvgIpc) is 2.63. The Morgan fingerprint density at radius 3 is 2.10 bits per heavy atom. The van der Waals surface area contributed by atoms with Crippen molar-refractivity contribution in [1.82, 2.24) is 4.31 Å². The molecule has 156 valence electrons. The van der Waals surface area contributed by atoms with E-state index in [1.54, 1.807) is 58.0 Å². The molecule has 0 aromatic heterocycles. The molecule has 0 saturated heterocycles. The number of carbonyl (C=O) groups excluding carboxylic acids is 2. The molecule has 0 atom stereocenters. The molecule has 2 amide bonds. The monoisotopic (exact) mass is 417 g/mol. The third-order valence-electron chi connectivity index (χ3n) is 4.55. The van der Waals surface area contributed by atoms with Crippen molar-refractivity contribution >= 4 is 33.2 Å². The molecule has 7 nitrogen and oxygen atoms in total. The van der Waals surface area contributed by atoms with Gasteiger partial charge in [0.15, 0.2) is 0 Å². The fourth-order valence-electron chi connectivity index (χ4n) is 2.59. The van der Waals surface area contributed by atoms with Crippen molar-refractivity contribution in [2.24, 2.45) is 5.92 Å². The fourth-order valence-corrected chi connectivity index (χ4v) is 3.80. The minimum Gasteiger partial charge on any atom is -0.326 e. The highest BCUT2D eigenvalue weighted by atomic mass is 32.2. The number of aryl methyl sites for hydroxylation is 1. The Balaban J connectivity index is 2.33. The third-order valence-corrected chi connectivity index (χ3v) is 6.49. The molecule has 2 aromatic rings. The van der Waals surface area contributed by atoms with Crippen LogP contribution < -0.4 is 10.6 Å². The normalized spacial score (nSPS) is 11.6. The zero-order chi connectivity index (χ0) is 21.9. The predicted octanol–water partition coefficient (Wildman–Crippen LogP) is 3.40. The van der Waals surface area contributed by atoms with Crippen LogP contribution in [0, 0.1) is 19.8 Å². The van der Waals surface area contributed by atoms with Crippen molar-refractivity contribution in [3.8, 4) is 0 Å². The van der Waals surface area contributed by atoms with Gasteiger partial charge in [-0.3, -0.25) is 9.59 Å². The molecule has 0 saturated carbocycles. The third kappa shape index (κ3) is 5.21. The molecule has 0 unspecified atom stereocenters. The zero-order valence-electron chi connectivity index (χ0n) is 17.5. The molecule has 0 bridgehead atoms. The van der Waals surface area contributed by atoms with Gasteiger partial charge >= 0.3 is 0 Å². The van der Waals surface area contributed by atoms with Crippen LogP contribution in [-0.4, -0.2) is 38.6 Å². The Morgan fingerprint density at radius 1 is 0.966 bits per heavy atom. The van der Waals surface area contributed by atoms with Gasteiger partial charge in [-0.15, -0.1) is 0 Å². The minimum absolute atomic E-state index is 0.102. The summed E-state index contributed by atoms with van der Waals surface area (Å²) in [5.41, 5.74) is 2.61. The largest absolute Gasteiger partial charge is 0.326 e. The summed E-state index contributed by atoms with van der Waals surface area (Å²) in [5.74, 6) is -0.724. The highest BCUT2D eigenvalue weighted by Crippen LogP contribution is 2.24. The van der Waals surface area contributed by atoms with E-state index in [0.29, 0.717) is 22.5 Å². The summed E-state index contributed by atoms with van der Waals surface area (Å²) < 4.78 is 26.3. The maximum absolute atomic E-state index is 12.8. The van der Waals surface area contributed by atoms with E-state index in [9.17, 15) is 18.0 Å². The lowest BCUT2D eigenvalue weighted by Gasteiger charge is -2.16. The van der Waals surface area contributed by atoms with Crippen molar-refractivity contribution < 1.29 is 18.0 Å². The maximum Gasteiger partial charge on any atom is 0.255 e. The predicted molar refractivity (Wildman–Crippen MR) is 115 cm³/mol. The topological polar surface area (TPSA) is 95.6 Å². The van der Waals surface area contributed by atoms with Gasteiger partial charge < -0.3 is 10.6 Å². The molecular weight excluding hydrogens is 390 g/mol. The fraction of sp³-hybridized carbons (Fsp3) is 0.333. The number of anilines is 2. The second kappa shape index (κ2) is 8.75. The van der Waals surface area contributed by atoms with E-state index in [-0.39, 0.29) is 22.3 Å². The number of hydrogen-bond acceptors (Lipinski definition) is 4. The average molecular weight is 418 g/mol. The van der Waals surface area contributed by atoms with E-state index in [4.69, 9.17) is 0 Å². The molecule has 0 fully saturated rings. The van der Waals surface area contributed by atoms with E-state index >= 15 is 0 Å². The second-order valence-corrected chi connectivity index (χ2v) is 9.50. The molecule has 0 aliphatic carbocycles. The SMILES string of the molecule is Cc1cc(C(=O)Nc2cccc(NC(=O)C(C)C)c2)cc(S(=O)(=O)N(C)C)c1C. The molecule has 0 aliphatic heterocycles. The lowest BCUT2D eigenvalue weighted by Crippen LogP contribution is -2.24. The summed E-state index contributed by atoms with van der Waals surface area (Å²) in [4.78, 5) is 24.7. The van der Waals surface area contributed by atoms with Gasteiger partial charge in [0.2, 0.25) is 15.9 Å². The van der Waals surface area contributed by atoms with E-state index < -0.39 is 15.9 Å². The van der Waals surface area contributed by atoms with Crippen LogP contribution >= 0.6 is 0 Å². The number of amides is 2. The molecule has 0 radical (unpaired) electrons. The van der Waals surface area contributed by atoms with Gasteiger partial charge in [0.05, 0.1) is 4.90 Å². The van der Waals surface area contributed by atoms with Gasteiger partial charge in [-0.05, 0) is 55.3 Å². The summed E-state index contributed by atoms with van der Waals surface area (Å²) in [7, 11) is -0.777. The number of hydrogen-bond donors (Lipinski definition) is 2. The van der Waals surface area contributed by atoms with Gasteiger partial charge in [-0.1, -0.05) is 19.9 Å². The Labute approximate surface area is 172 Å². The Bertz CT molecular complexity index is 1040. The number of benzene rings is 2. The zero-order valence-corrected chi connectivity index (χ0v) is 18.3. The summed E-state index contributed by atoms with van der Waals surface area (Å²) in [6.07, 6.45) is 0. The van der Waals surface area contributed by atoms with Crippen LogP contribution in [0.3, 0.4) is 0 Å². The molecular formula is C21H27N3O4S. The quantitative estimate of drug-likeness (QED) is 0.753. The Morgan fingerprint density at radius 2 is 1.55 bits per heavy atom. The molecule has 0 aliphatic rings. The lowest BCUT2D eigenvalue weighted by atomic mass is 10.1.